The number of hydrogen-bond acceptors (Lipinski definition) is 6. The number of benzene rings is 2. The summed E-state index contributed by atoms with van der Waals surface area (Å²) in [7, 11) is 0. The first-order valence-electron chi connectivity index (χ1n) is 11.1. The third-order valence-electron chi connectivity index (χ3n) is 4.40. The fraction of sp³-hybridized carbons (Fsp3) is 0.440. The molecule has 174 valence electrons. The summed E-state index contributed by atoms with van der Waals surface area (Å²) in [5.74, 6) is 2.46. The predicted octanol–water partition coefficient (Wildman–Crippen LogP) is 5.07. The summed E-state index contributed by atoms with van der Waals surface area (Å²) in [6.45, 7) is 12.0. The van der Waals surface area contributed by atoms with Crippen molar-refractivity contribution < 1.29 is 23.7 Å². The number of amides is 1. The second kappa shape index (κ2) is 13.2. The molecule has 0 fully saturated rings. The minimum Gasteiger partial charge on any atom is -0.494 e. The smallest absolute Gasteiger partial charge is 0.271 e. The van der Waals surface area contributed by atoms with Crippen LogP contribution in [0.15, 0.2) is 41.5 Å². The molecule has 7 nitrogen and oxygen atoms in total. The van der Waals surface area contributed by atoms with Gasteiger partial charge in [0.1, 0.15) is 5.75 Å². The largest absolute Gasteiger partial charge is 0.494 e. The Kier molecular flexibility index (Phi) is 10.4. The van der Waals surface area contributed by atoms with E-state index in [9.17, 15) is 4.79 Å². The monoisotopic (exact) mass is 442 g/mol. The number of nitrogens with one attached hydrogen (secondary N) is 1. The maximum atomic E-state index is 12.6. The Balaban J connectivity index is 2.05. The Labute approximate surface area is 190 Å². The van der Waals surface area contributed by atoms with Gasteiger partial charge in [-0.2, -0.15) is 5.10 Å². The van der Waals surface area contributed by atoms with Gasteiger partial charge in [0.15, 0.2) is 11.5 Å². The number of nitrogens with zero attached hydrogens (tertiary/aromatic N) is 1. The van der Waals surface area contributed by atoms with Gasteiger partial charge in [-0.3, -0.25) is 4.79 Å². The molecule has 0 bridgehead atoms. The summed E-state index contributed by atoms with van der Waals surface area (Å²) in [4.78, 5) is 12.6. The van der Waals surface area contributed by atoms with E-state index in [2.05, 4.69) is 24.4 Å². The SMILES string of the molecule is CCOc1cc(C(=O)N/N=C/c2ccc(OCCC(C)C)cc2)cc(OCC)c1OCC. The zero-order valence-corrected chi connectivity index (χ0v) is 19.6. The molecule has 0 atom stereocenters. The Morgan fingerprint density at radius 3 is 2.06 bits per heavy atom. The van der Waals surface area contributed by atoms with Crippen molar-refractivity contribution in [1.29, 1.82) is 0 Å². The third-order valence-corrected chi connectivity index (χ3v) is 4.40. The van der Waals surface area contributed by atoms with Crippen LogP contribution in [-0.2, 0) is 0 Å². The number of hydrogen-bond donors (Lipinski definition) is 1. The average Bonchev–Trinajstić information content (AvgIpc) is 2.77. The molecule has 0 saturated heterocycles. The van der Waals surface area contributed by atoms with Crippen molar-refractivity contribution in [2.75, 3.05) is 26.4 Å². The minimum atomic E-state index is -0.375. The van der Waals surface area contributed by atoms with E-state index in [0.717, 1.165) is 17.7 Å². The normalized spacial score (nSPS) is 10.9. The van der Waals surface area contributed by atoms with Gasteiger partial charge in [-0.1, -0.05) is 13.8 Å². The van der Waals surface area contributed by atoms with Gasteiger partial charge in [0.25, 0.3) is 5.91 Å². The lowest BCUT2D eigenvalue weighted by Gasteiger charge is -2.16. The fourth-order valence-corrected chi connectivity index (χ4v) is 2.81. The molecular weight excluding hydrogens is 408 g/mol. The Morgan fingerprint density at radius 2 is 1.53 bits per heavy atom. The van der Waals surface area contributed by atoms with Crippen LogP contribution in [0.3, 0.4) is 0 Å². The van der Waals surface area contributed by atoms with Gasteiger partial charge in [0.2, 0.25) is 5.75 Å². The number of hydrazone groups is 1. The summed E-state index contributed by atoms with van der Waals surface area (Å²) in [6.07, 6.45) is 2.59. The van der Waals surface area contributed by atoms with Crippen molar-refractivity contribution in [3.05, 3.63) is 47.5 Å². The third kappa shape index (κ3) is 7.80. The molecule has 0 aromatic heterocycles. The Morgan fingerprint density at radius 1 is 0.938 bits per heavy atom. The van der Waals surface area contributed by atoms with Gasteiger partial charge >= 0.3 is 0 Å². The number of rotatable bonds is 13. The molecule has 0 aliphatic carbocycles. The van der Waals surface area contributed by atoms with E-state index in [1.165, 1.54) is 0 Å². The van der Waals surface area contributed by atoms with Crippen molar-refractivity contribution in [3.63, 3.8) is 0 Å². The lowest BCUT2D eigenvalue weighted by molar-refractivity contribution is 0.0954. The second-order valence-electron chi connectivity index (χ2n) is 7.40. The standard InChI is InChI=1S/C25H34N2O5/c1-6-29-22-15-20(16-23(30-7-2)24(22)31-8-3)25(28)27-26-17-19-9-11-21(12-10-19)32-14-13-18(4)5/h9-12,15-18H,6-8,13-14H2,1-5H3,(H,27,28)/b26-17+. The molecule has 2 aromatic rings. The highest BCUT2D eigenvalue weighted by molar-refractivity contribution is 5.96. The van der Waals surface area contributed by atoms with Gasteiger partial charge in [0, 0.05) is 5.56 Å². The molecule has 2 aromatic carbocycles. The molecule has 1 N–H and O–H groups in total. The molecule has 32 heavy (non-hydrogen) atoms. The molecule has 1 amide bonds. The molecule has 0 aliphatic heterocycles. The van der Waals surface area contributed by atoms with Crippen LogP contribution >= 0.6 is 0 Å². The predicted molar refractivity (Wildman–Crippen MR) is 126 cm³/mol. The highest BCUT2D eigenvalue weighted by atomic mass is 16.5. The van der Waals surface area contributed by atoms with Crippen LogP contribution in [0.1, 0.15) is 57.0 Å². The molecule has 0 aliphatic rings. The van der Waals surface area contributed by atoms with Crippen LogP contribution in [0.4, 0.5) is 0 Å². The van der Waals surface area contributed by atoms with E-state index in [1.807, 2.05) is 45.0 Å². The zero-order chi connectivity index (χ0) is 23.3. The maximum absolute atomic E-state index is 12.6. The number of ether oxygens (including phenoxy) is 4. The first-order valence-corrected chi connectivity index (χ1v) is 11.1. The highest BCUT2D eigenvalue weighted by Gasteiger charge is 2.18. The summed E-state index contributed by atoms with van der Waals surface area (Å²) in [5.41, 5.74) is 3.76. The summed E-state index contributed by atoms with van der Waals surface area (Å²) >= 11 is 0. The number of carbonyl (C=O) groups is 1. The maximum Gasteiger partial charge on any atom is 0.271 e. The second-order valence-corrected chi connectivity index (χ2v) is 7.40. The van der Waals surface area contributed by atoms with Gasteiger partial charge in [-0.25, -0.2) is 5.43 Å². The Hall–Kier alpha value is -3.22. The lowest BCUT2D eigenvalue weighted by atomic mass is 10.1. The van der Waals surface area contributed by atoms with E-state index >= 15 is 0 Å². The van der Waals surface area contributed by atoms with Gasteiger partial charge < -0.3 is 18.9 Å². The van der Waals surface area contributed by atoms with Crippen LogP contribution < -0.4 is 24.4 Å². The summed E-state index contributed by atoms with van der Waals surface area (Å²) in [6, 6.07) is 10.8. The highest BCUT2D eigenvalue weighted by Crippen LogP contribution is 2.39. The first kappa shape index (κ1) is 25.0. The molecule has 2 rings (SSSR count). The lowest BCUT2D eigenvalue weighted by Crippen LogP contribution is -2.18. The topological polar surface area (TPSA) is 78.4 Å². The van der Waals surface area contributed by atoms with E-state index < -0.39 is 0 Å². The van der Waals surface area contributed by atoms with E-state index in [1.54, 1.807) is 18.3 Å². The van der Waals surface area contributed by atoms with Crippen molar-refractivity contribution in [2.24, 2.45) is 11.0 Å². The molecule has 0 radical (unpaired) electrons. The molecular formula is C25H34N2O5. The number of carbonyl (C=O) groups excluding carboxylic acids is 1. The first-order chi connectivity index (χ1) is 15.5. The van der Waals surface area contributed by atoms with Crippen LogP contribution in [0.25, 0.3) is 0 Å². The molecule has 0 spiro atoms. The van der Waals surface area contributed by atoms with Gasteiger partial charge in [-0.15, -0.1) is 0 Å². The van der Waals surface area contributed by atoms with Crippen LogP contribution in [0.2, 0.25) is 0 Å². The van der Waals surface area contributed by atoms with Crippen molar-refractivity contribution in [2.45, 2.75) is 41.0 Å². The molecule has 7 heteroatoms. The minimum absolute atomic E-state index is 0.367. The van der Waals surface area contributed by atoms with E-state index in [-0.39, 0.29) is 5.91 Å². The van der Waals surface area contributed by atoms with Crippen LogP contribution in [-0.4, -0.2) is 38.5 Å². The van der Waals surface area contributed by atoms with E-state index in [4.69, 9.17) is 18.9 Å². The van der Waals surface area contributed by atoms with Gasteiger partial charge in [-0.05, 0) is 75.1 Å². The quantitative estimate of drug-likeness (QED) is 0.346. The zero-order valence-electron chi connectivity index (χ0n) is 19.6. The Bertz CT molecular complexity index is 851. The summed E-state index contributed by atoms with van der Waals surface area (Å²) in [5, 5.41) is 4.06. The van der Waals surface area contributed by atoms with Crippen LogP contribution in [0, 0.1) is 5.92 Å². The molecule has 0 unspecified atom stereocenters. The van der Waals surface area contributed by atoms with Crippen molar-refractivity contribution in [1.82, 2.24) is 5.43 Å². The van der Waals surface area contributed by atoms with Crippen molar-refractivity contribution >= 4 is 12.1 Å². The average molecular weight is 443 g/mol. The van der Waals surface area contributed by atoms with Gasteiger partial charge in [0.05, 0.1) is 32.6 Å². The summed E-state index contributed by atoms with van der Waals surface area (Å²) < 4.78 is 22.7. The fourth-order valence-electron chi connectivity index (χ4n) is 2.81. The van der Waals surface area contributed by atoms with E-state index in [0.29, 0.717) is 55.2 Å². The van der Waals surface area contributed by atoms with Crippen molar-refractivity contribution in [3.8, 4) is 23.0 Å². The molecule has 0 heterocycles. The van der Waals surface area contributed by atoms with Crippen LogP contribution in [0.5, 0.6) is 23.0 Å². The molecule has 0 saturated carbocycles.